The monoisotopic (exact) mass is 231 g/mol. The van der Waals surface area contributed by atoms with E-state index in [1.165, 1.54) is 43.6 Å². The van der Waals surface area contributed by atoms with E-state index < -0.39 is 0 Å². The van der Waals surface area contributed by atoms with Crippen LogP contribution in [0.5, 0.6) is 0 Å². The van der Waals surface area contributed by atoms with Crippen molar-refractivity contribution in [2.75, 3.05) is 31.2 Å². The number of thioether (sulfide) groups is 1. The first-order valence-corrected chi connectivity index (χ1v) is 7.49. The van der Waals surface area contributed by atoms with Gasteiger partial charge in [0.25, 0.3) is 0 Å². The molecular weight excluding hydrogens is 206 g/mol. The van der Waals surface area contributed by atoms with E-state index in [0.29, 0.717) is 6.10 Å². The zero-order valence-corrected chi connectivity index (χ0v) is 10.8. The third kappa shape index (κ3) is 7.20. The van der Waals surface area contributed by atoms with Crippen molar-refractivity contribution in [3.63, 3.8) is 0 Å². The van der Waals surface area contributed by atoms with Gasteiger partial charge in [0.1, 0.15) is 0 Å². The Morgan fingerprint density at radius 2 is 2.07 bits per heavy atom. The maximum Gasteiger partial charge on any atom is 0.0594 e. The summed E-state index contributed by atoms with van der Waals surface area (Å²) >= 11 is 2.02. The Morgan fingerprint density at radius 1 is 1.27 bits per heavy atom. The van der Waals surface area contributed by atoms with Gasteiger partial charge < -0.3 is 10.1 Å². The van der Waals surface area contributed by atoms with Crippen LogP contribution in [0.25, 0.3) is 0 Å². The van der Waals surface area contributed by atoms with Gasteiger partial charge in [0, 0.05) is 6.54 Å². The lowest BCUT2D eigenvalue weighted by molar-refractivity contribution is 0.0605. The molecule has 0 saturated heterocycles. The molecular formula is C12H25NOS. The van der Waals surface area contributed by atoms with Crippen LogP contribution in [0.1, 0.15) is 39.0 Å². The van der Waals surface area contributed by atoms with Crippen molar-refractivity contribution in [3.8, 4) is 0 Å². The van der Waals surface area contributed by atoms with Crippen LogP contribution in [-0.4, -0.2) is 37.3 Å². The van der Waals surface area contributed by atoms with Crippen molar-refractivity contribution in [3.05, 3.63) is 0 Å². The predicted molar refractivity (Wildman–Crippen MR) is 68.7 cm³/mol. The lowest BCUT2D eigenvalue weighted by atomic mass is 10.3. The van der Waals surface area contributed by atoms with Crippen LogP contribution in [0.2, 0.25) is 0 Å². The highest BCUT2D eigenvalue weighted by Crippen LogP contribution is 2.20. The first-order chi connectivity index (χ1) is 7.43. The van der Waals surface area contributed by atoms with Crippen LogP contribution in [0, 0.1) is 0 Å². The zero-order chi connectivity index (χ0) is 10.8. The third-order valence-electron chi connectivity index (χ3n) is 2.78. The van der Waals surface area contributed by atoms with Gasteiger partial charge in [-0.2, -0.15) is 11.8 Å². The molecule has 0 aromatic carbocycles. The first-order valence-electron chi connectivity index (χ1n) is 6.33. The number of ether oxygens (including phenoxy) is 1. The molecule has 0 aliphatic heterocycles. The van der Waals surface area contributed by atoms with E-state index >= 15 is 0 Å². The highest BCUT2D eigenvalue weighted by molar-refractivity contribution is 7.99. The fourth-order valence-corrected chi connectivity index (χ4v) is 2.56. The topological polar surface area (TPSA) is 21.3 Å². The Hall–Kier alpha value is 0.270. The van der Waals surface area contributed by atoms with Crippen LogP contribution in [0.15, 0.2) is 0 Å². The summed E-state index contributed by atoms with van der Waals surface area (Å²) in [7, 11) is 0. The number of nitrogens with one attached hydrogen (secondary N) is 1. The average Bonchev–Trinajstić information content (AvgIpc) is 2.75. The minimum atomic E-state index is 0.572. The van der Waals surface area contributed by atoms with Gasteiger partial charge in [-0.3, -0.25) is 0 Å². The van der Waals surface area contributed by atoms with Crippen LogP contribution in [-0.2, 0) is 4.74 Å². The van der Waals surface area contributed by atoms with Crippen molar-refractivity contribution < 1.29 is 4.74 Å². The lowest BCUT2D eigenvalue weighted by Gasteiger charge is -2.11. The summed E-state index contributed by atoms with van der Waals surface area (Å²) in [6.45, 7) is 5.27. The van der Waals surface area contributed by atoms with E-state index in [1.54, 1.807) is 0 Å². The average molecular weight is 231 g/mol. The molecule has 15 heavy (non-hydrogen) atoms. The van der Waals surface area contributed by atoms with E-state index in [0.717, 1.165) is 19.7 Å². The Morgan fingerprint density at radius 3 is 2.80 bits per heavy atom. The maximum atomic E-state index is 5.76. The van der Waals surface area contributed by atoms with Gasteiger partial charge in [0.2, 0.25) is 0 Å². The largest absolute Gasteiger partial charge is 0.377 e. The van der Waals surface area contributed by atoms with Gasteiger partial charge in [-0.25, -0.2) is 0 Å². The van der Waals surface area contributed by atoms with E-state index in [4.69, 9.17) is 4.74 Å². The molecule has 1 saturated carbocycles. The molecule has 2 nitrogen and oxygen atoms in total. The Bertz CT molecular complexity index is 138. The maximum absolute atomic E-state index is 5.76. The zero-order valence-electron chi connectivity index (χ0n) is 9.96. The molecule has 1 fully saturated rings. The van der Waals surface area contributed by atoms with Gasteiger partial charge in [0.05, 0.1) is 12.7 Å². The molecule has 0 heterocycles. The first kappa shape index (κ1) is 13.3. The van der Waals surface area contributed by atoms with Crippen molar-refractivity contribution >= 4 is 11.8 Å². The van der Waals surface area contributed by atoms with Crippen molar-refractivity contribution in [1.29, 1.82) is 0 Å². The summed E-state index contributed by atoms with van der Waals surface area (Å²) < 4.78 is 5.76. The van der Waals surface area contributed by atoms with Crippen molar-refractivity contribution in [1.82, 2.24) is 5.32 Å². The fraction of sp³-hybridized carbons (Fsp3) is 1.00. The fourth-order valence-electron chi connectivity index (χ4n) is 1.92. The van der Waals surface area contributed by atoms with Crippen molar-refractivity contribution in [2.24, 2.45) is 0 Å². The summed E-state index contributed by atoms with van der Waals surface area (Å²) in [5, 5.41) is 3.43. The molecule has 0 aromatic rings. The second-order valence-corrected chi connectivity index (χ2v) is 5.47. The minimum Gasteiger partial charge on any atom is -0.377 e. The highest BCUT2D eigenvalue weighted by atomic mass is 32.2. The summed E-state index contributed by atoms with van der Waals surface area (Å²) in [5.74, 6) is 2.53. The summed E-state index contributed by atoms with van der Waals surface area (Å²) in [6.07, 6.45) is 7.16. The van der Waals surface area contributed by atoms with Gasteiger partial charge >= 0.3 is 0 Å². The Kier molecular flexibility index (Phi) is 8.44. The normalized spacial score (nSPS) is 17.4. The SMILES string of the molecule is CCSCCCNCCOC1CCCC1. The molecule has 0 atom stereocenters. The van der Waals surface area contributed by atoms with Crippen LogP contribution >= 0.6 is 11.8 Å². The molecule has 0 bridgehead atoms. The molecule has 90 valence electrons. The van der Waals surface area contributed by atoms with Crippen LogP contribution < -0.4 is 5.32 Å². The second kappa shape index (κ2) is 9.49. The lowest BCUT2D eigenvalue weighted by Crippen LogP contribution is -2.23. The standard InChI is InChI=1S/C12H25NOS/c1-2-15-11-5-8-13-9-10-14-12-6-3-4-7-12/h12-13H,2-11H2,1H3. The van der Waals surface area contributed by atoms with E-state index in [1.807, 2.05) is 11.8 Å². The van der Waals surface area contributed by atoms with Gasteiger partial charge in [-0.05, 0) is 37.3 Å². The molecule has 1 rings (SSSR count). The molecule has 0 unspecified atom stereocenters. The van der Waals surface area contributed by atoms with E-state index in [-0.39, 0.29) is 0 Å². The smallest absolute Gasteiger partial charge is 0.0594 e. The summed E-state index contributed by atoms with van der Waals surface area (Å²) in [4.78, 5) is 0. The number of hydrogen-bond donors (Lipinski definition) is 1. The molecule has 0 spiro atoms. The number of rotatable bonds is 9. The van der Waals surface area contributed by atoms with Crippen LogP contribution in [0.4, 0.5) is 0 Å². The summed E-state index contributed by atoms with van der Waals surface area (Å²) in [5.41, 5.74) is 0. The van der Waals surface area contributed by atoms with Gasteiger partial charge in [-0.1, -0.05) is 19.8 Å². The molecule has 0 radical (unpaired) electrons. The number of hydrogen-bond acceptors (Lipinski definition) is 3. The Balaban J connectivity index is 1.73. The minimum absolute atomic E-state index is 0.572. The quantitative estimate of drug-likeness (QED) is 0.617. The summed E-state index contributed by atoms with van der Waals surface area (Å²) in [6, 6.07) is 0. The van der Waals surface area contributed by atoms with Gasteiger partial charge in [-0.15, -0.1) is 0 Å². The Labute approximate surface area is 98.5 Å². The molecule has 1 aliphatic carbocycles. The molecule has 1 aliphatic rings. The van der Waals surface area contributed by atoms with Crippen molar-refractivity contribution in [2.45, 2.75) is 45.1 Å². The third-order valence-corrected chi connectivity index (χ3v) is 3.77. The highest BCUT2D eigenvalue weighted by Gasteiger charge is 2.14. The molecule has 1 N–H and O–H groups in total. The predicted octanol–water partition coefficient (Wildman–Crippen LogP) is 2.68. The van der Waals surface area contributed by atoms with E-state index in [2.05, 4.69) is 12.2 Å². The molecule has 0 aromatic heterocycles. The van der Waals surface area contributed by atoms with Crippen LogP contribution in [0.3, 0.4) is 0 Å². The second-order valence-electron chi connectivity index (χ2n) is 4.08. The molecule has 3 heteroatoms. The van der Waals surface area contributed by atoms with E-state index in [9.17, 15) is 0 Å². The van der Waals surface area contributed by atoms with Gasteiger partial charge in [0.15, 0.2) is 0 Å². The molecule has 0 amide bonds.